The van der Waals surface area contributed by atoms with Crippen molar-refractivity contribution in [1.29, 1.82) is 0 Å². The summed E-state index contributed by atoms with van der Waals surface area (Å²) >= 11 is 0. The van der Waals surface area contributed by atoms with Crippen LogP contribution in [-0.4, -0.2) is 17.9 Å². The molecule has 0 amide bonds. The maximum atomic E-state index is 11.9. The lowest BCUT2D eigenvalue weighted by molar-refractivity contribution is -0.140. The molecule has 1 aliphatic rings. The van der Waals surface area contributed by atoms with Crippen LogP contribution in [0.5, 0.6) is 5.75 Å². The molecule has 1 unspecified atom stereocenters. The van der Waals surface area contributed by atoms with E-state index < -0.39 is 23.8 Å². The van der Waals surface area contributed by atoms with Gasteiger partial charge in [0.25, 0.3) is 0 Å². The Morgan fingerprint density at radius 3 is 2.75 bits per heavy atom. The van der Waals surface area contributed by atoms with Gasteiger partial charge in [0, 0.05) is 6.92 Å². The number of cyclic esters (lactones) is 2. The molecule has 0 saturated carbocycles. The largest absolute Gasteiger partial charge is 0.426 e. The van der Waals surface area contributed by atoms with Gasteiger partial charge in [-0.15, -0.1) is 0 Å². The zero-order valence-corrected chi connectivity index (χ0v) is 11.5. The first-order valence-electron chi connectivity index (χ1n) is 6.62. The van der Waals surface area contributed by atoms with Crippen molar-refractivity contribution < 1.29 is 23.9 Å². The molecule has 0 radical (unpaired) electrons. The van der Waals surface area contributed by atoms with Crippen LogP contribution in [0.25, 0.3) is 0 Å². The van der Waals surface area contributed by atoms with Crippen LogP contribution in [0.2, 0.25) is 0 Å². The highest BCUT2D eigenvalue weighted by Crippen LogP contribution is 2.36. The lowest BCUT2D eigenvalue weighted by atomic mass is 9.88. The summed E-state index contributed by atoms with van der Waals surface area (Å²) in [5.41, 5.74) is 0.766. The molecule has 0 bridgehead atoms. The summed E-state index contributed by atoms with van der Waals surface area (Å²) < 4.78 is 9.80. The second-order valence-corrected chi connectivity index (χ2v) is 4.72. The summed E-state index contributed by atoms with van der Waals surface area (Å²) in [7, 11) is 0. The van der Waals surface area contributed by atoms with E-state index in [1.165, 1.54) is 13.0 Å². The first kappa shape index (κ1) is 14.2. The number of esters is 3. The third-order valence-corrected chi connectivity index (χ3v) is 3.22. The van der Waals surface area contributed by atoms with Crippen molar-refractivity contribution in [1.82, 2.24) is 0 Å². The van der Waals surface area contributed by atoms with Crippen molar-refractivity contribution in [3.05, 3.63) is 29.3 Å². The third-order valence-electron chi connectivity index (χ3n) is 3.22. The smallest absolute Gasteiger partial charge is 0.349 e. The van der Waals surface area contributed by atoms with Crippen molar-refractivity contribution in [3.63, 3.8) is 0 Å². The molecule has 1 aliphatic heterocycles. The van der Waals surface area contributed by atoms with Crippen molar-refractivity contribution in [2.75, 3.05) is 0 Å². The summed E-state index contributed by atoms with van der Waals surface area (Å²) in [4.78, 5) is 34.8. The maximum absolute atomic E-state index is 11.9. The van der Waals surface area contributed by atoms with Gasteiger partial charge in [-0.25, -0.2) is 4.79 Å². The number of hydrogen-bond donors (Lipinski definition) is 0. The van der Waals surface area contributed by atoms with Gasteiger partial charge < -0.3 is 9.47 Å². The second kappa shape index (κ2) is 5.86. The minimum atomic E-state index is -0.755. The predicted molar refractivity (Wildman–Crippen MR) is 70.4 cm³/mol. The average Bonchev–Trinajstić information content (AvgIpc) is 2.37. The number of carbonyl (C=O) groups excluding carboxylic acids is 3. The molecule has 1 aromatic rings. The Labute approximate surface area is 116 Å². The van der Waals surface area contributed by atoms with Gasteiger partial charge in [0.05, 0.1) is 5.92 Å². The van der Waals surface area contributed by atoms with Gasteiger partial charge in [0.15, 0.2) is 0 Å². The molecule has 0 aliphatic carbocycles. The van der Waals surface area contributed by atoms with Crippen LogP contribution in [0, 0.1) is 0 Å². The highest BCUT2D eigenvalue weighted by molar-refractivity contribution is 6.06. The molecule has 0 spiro atoms. The average molecular weight is 276 g/mol. The first-order chi connectivity index (χ1) is 9.54. The number of hydrogen-bond acceptors (Lipinski definition) is 5. The molecular weight excluding hydrogens is 260 g/mol. The summed E-state index contributed by atoms with van der Waals surface area (Å²) in [6, 6.07) is 4.90. The Hall–Kier alpha value is -2.17. The highest BCUT2D eigenvalue weighted by Gasteiger charge is 2.36. The predicted octanol–water partition coefficient (Wildman–Crippen LogP) is 2.58. The topological polar surface area (TPSA) is 69.7 Å². The Balaban J connectivity index is 2.45. The summed E-state index contributed by atoms with van der Waals surface area (Å²) in [6.45, 7) is 3.28. The van der Waals surface area contributed by atoms with Gasteiger partial charge in [-0.1, -0.05) is 31.9 Å². The molecule has 2 rings (SSSR count). The molecule has 5 heteroatoms. The van der Waals surface area contributed by atoms with Crippen molar-refractivity contribution in [3.8, 4) is 5.75 Å². The number of benzene rings is 1. The van der Waals surface area contributed by atoms with E-state index in [-0.39, 0.29) is 11.3 Å². The molecule has 0 fully saturated rings. The van der Waals surface area contributed by atoms with Crippen LogP contribution in [0.15, 0.2) is 18.2 Å². The van der Waals surface area contributed by atoms with Gasteiger partial charge in [-0.3, -0.25) is 9.59 Å². The number of unbranched alkanes of at least 4 members (excludes halogenated alkanes) is 1. The molecule has 20 heavy (non-hydrogen) atoms. The fraction of sp³-hybridized carbons (Fsp3) is 0.400. The van der Waals surface area contributed by atoms with Crippen LogP contribution in [0.3, 0.4) is 0 Å². The Morgan fingerprint density at radius 1 is 1.35 bits per heavy atom. The fourth-order valence-electron chi connectivity index (χ4n) is 2.32. The summed E-state index contributed by atoms with van der Waals surface area (Å²) in [5.74, 6) is -2.13. The van der Waals surface area contributed by atoms with E-state index in [0.29, 0.717) is 12.0 Å². The Morgan fingerprint density at radius 2 is 2.10 bits per heavy atom. The Bertz CT molecular complexity index is 561. The van der Waals surface area contributed by atoms with Crippen molar-refractivity contribution in [2.45, 2.75) is 39.0 Å². The van der Waals surface area contributed by atoms with E-state index in [4.69, 9.17) is 9.47 Å². The van der Waals surface area contributed by atoms with Gasteiger partial charge in [0.2, 0.25) is 0 Å². The van der Waals surface area contributed by atoms with Gasteiger partial charge in [-0.2, -0.15) is 0 Å². The molecule has 5 nitrogen and oxygen atoms in total. The van der Waals surface area contributed by atoms with Crippen LogP contribution in [-0.2, 0) is 14.3 Å². The molecule has 1 heterocycles. The summed E-state index contributed by atoms with van der Waals surface area (Å²) in [6.07, 6.45) is 2.40. The van der Waals surface area contributed by atoms with Crippen molar-refractivity contribution in [2.24, 2.45) is 0 Å². The van der Waals surface area contributed by atoms with E-state index in [2.05, 4.69) is 0 Å². The zero-order chi connectivity index (χ0) is 14.7. The Kier molecular flexibility index (Phi) is 4.17. The number of rotatable bonds is 4. The van der Waals surface area contributed by atoms with Crippen LogP contribution in [0.4, 0.5) is 0 Å². The third kappa shape index (κ3) is 2.71. The zero-order valence-electron chi connectivity index (χ0n) is 11.5. The molecule has 0 N–H and O–H groups in total. The van der Waals surface area contributed by atoms with Crippen LogP contribution >= 0.6 is 0 Å². The number of fused-ring (bicyclic) bond motifs is 1. The first-order valence-corrected chi connectivity index (χ1v) is 6.62. The summed E-state index contributed by atoms with van der Waals surface area (Å²) in [5, 5.41) is 0. The SMILES string of the molecule is CCCCC1C(=O)OC(=O)c2c(OC(C)=O)cccc21. The van der Waals surface area contributed by atoms with E-state index in [0.717, 1.165) is 12.8 Å². The van der Waals surface area contributed by atoms with Crippen LogP contribution in [0.1, 0.15) is 54.9 Å². The normalized spacial score (nSPS) is 17.4. The minimum absolute atomic E-state index is 0.147. The molecule has 106 valence electrons. The minimum Gasteiger partial charge on any atom is -0.426 e. The highest BCUT2D eigenvalue weighted by atomic mass is 16.6. The van der Waals surface area contributed by atoms with E-state index in [9.17, 15) is 14.4 Å². The lowest BCUT2D eigenvalue weighted by Crippen LogP contribution is -2.28. The standard InChI is InChI=1S/C15H16O5/c1-3-4-6-11-10-7-5-8-12(19-9(2)16)13(10)15(18)20-14(11)17/h5,7-8,11H,3-4,6H2,1-2H3. The van der Waals surface area contributed by atoms with Gasteiger partial charge in [-0.05, 0) is 18.1 Å². The van der Waals surface area contributed by atoms with Gasteiger partial charge >= 0.3 is 17.9 Å². The molecule has 0 aromatic heterocycles. The second-order valence-electron chi connectivity index (χ2n) is 4.72. The lowest BCUT2D eigenvalue weighted by Gasteiger charge is -2.24. The van der Waals surface area contributed by atoms with E-state index in [1.807, 2.05) is 6.92 Å². The maximum Gasteiger partial charge on any atom is 0.349 e. The van der Waals surface area contributed by atoms with Crippen LogP contribution < -0.4 is 4.74 Å². The van der Waals surface area contributed by atoms with E-state index >= 15 is 0 Å². The number of ether oxygens (including phenoxy) is 2. The molecule has 1 aromatic carbocycles. The quantitative estimate of drug-likeness (QED) is 0.480. The van der Waals surface area contributed by atoms with E-state index in [1.54, 1.807) is 12.1 Å². The fourth-order valence-corrected chi connectivity index (χ4v) is 2.32. The molecule has 0 saturated heterocycles. The van der Waals surface area contributed by atoms with Crippen molar-refractivity contribution >= 4 is 17.9 Å². The monoisotopic (exact) mass is 276 g/mol. The molecular formula is C15H16O5. The molecule has 1 atom stereocenters. The number of carbonyl (C=O) groups is 3. The van der Waals surface area contributed by atoms with Gasteiger partial charge in [0.1, 0.15) is 11.3 Å².